The Morgan fingerprint density at radius 1 is 1.04 bits per heavy atom. The van der Waals surface area contributed by atoms with Gasteiger partial charge in [0.05, 0.1) is 14.2 Å². The van der Waals surface area contributed by atoms with Crippen molar-refractivity contribution in [3.05, 3.63) is 59.4 Å². The second-order valence-electron chi connectivity index (χ2n) is 5.59. The van der Waals surface area contributed by atoms with E-state index >= 15 is 0 Å². The number of ether oxygens (including phenoxy) is 2. The van der Waals surface area contributed by atoms with Crippen molar-refractivity contribution in [3.63, 3.8) is 0 Å². The molecule has 0 radical (unpaired) electrons. The topological polar surface area (TPSA) is 30.5 Å². The number of rotatable bonds is 8. The summed E-state index contributed by atoms with van der Waals surface area (Å²) in [5.41, 5.74) is 1.92. The smallest absolute Gasteiger partial charge is 0.160 e. The predicted molar refractivity (Wildman–Crippen MR) is 90.8 cm³/mol. The molecular weight excluding hydrogens is 293 g/mol. The van der Waals surface area contributed by atoms with Crippen molar-refractivity contribution < 1.29 is 13.9 Å². The Morgan fingerprint density at radius 3 is 2.48 bits per heavy atom. The molecule has 0 saturated carbocycles. The molecule has 0 aromatic heterocycles. The highest BCUT2D eigenvalue weighted by Gasteiger charge is 2.08. The van der Waals surface area contributed by atoms with E-state index in [1.165, 1.54) is 11.6 Å². The lowest BCUT2D eigenvalue weighted by Gasteiger charge is -2.15. The van der Waals surface area contributed by atoms with Gasteiger partial charge in [0.25, 0.3) is 0 Å². The van der Waals surface area contributed by atoms with Crippen molar-refractivity contribution >= 4 is 0 Å². The predicted octanol–water partition coefficient (Wildman–Crippen LogP) is 3.61. The van der Waals surface area contributed by atoms with Gasteiger partial charge in [-0.25, -0.2) is 4.39 Å². The highest BCUT2D eigenvalue weighted by atomic mass is 19.1. The van der Waals surface area contributed by atoms with Gasteiger partial charge < -0.3 is 14.8 Å². The minimum Gasteiger partial charge on any atom is -0.493 e. The summed E-state index contributed by atoms with van der Waals surface area (Å²) in [5.74, 6) is 1.34. The van der Waals surface area contributed by atoms with Crippen LogP contribution in [0.25, 0.3) is 0 Å². The van der Waals surface area contributed by atoms with Crippen LogP contribution in [0.1, 0.15) is 18.1 Å². The van der Waals surface area contributed by atoms with E-state index < -0.39 is 0 Å². The lowest BCUT2D eigenvalue weighted by molar-refractivity contribution is 0.354. The number of benzene rings is 2. The maximum Gasteiger partial charge on any atom is 0.160 e. The summed E-state index contributed by atoms with van der Waals surface area (Å²) in [7, 11) is 3.27. The number of halogens is 1. The van der Waals surface area contributed by atoms with E-state index in [1.807, 2.05) is 30.3 Å². The van der Waals surface area contributed by atoms with Crippen LogP contribution in [0.2, 0.25) is 0 Å². The maximum absolute atomic E-state index is 13.6. The van der Waals surface area contributed by atoms with Crippen LogP contribution in [-0.4, -0.2) is 26.8 Å². The van der Waals surface area contributed by atoms with Crippen molar-refractivity contribution in [1.29, 1.82) is 0 Å². The first-order valence-corrected chi connectivity index (χ1v) is 7.81. The van der Waals surface area contributed by atoms with Gasteiger partial charge in [0.15, 0.2) is 11.5 Å². The minimum atomic E-state index is -0.137. The average Bonchev–Trinajstić information content (AvgIpc) is 2.56. The van der Waals surface area contributed by atoms with Gasteiger partial charge in [-0.3, -0.25) is 0 Å². The summed E-state index contributed by atoms with van der Waals surface area (Å²) in [5, 5.41) is 3.43. The minimum absolute atomic E-state index is 0.137. The molecule has 1 unspecified atom stereocenters. The molecule has 0 amide bonds. The summed E-state index contributed by atoms with van der Waals surface area (Å²) in [6.07, 6.45) is 1.56. The van der Waals surface area contributed by atoms with E-state index in [2.05, 4.69) is 12.2 Å². The van der Waals surface area contributed by atoms with Crippen molar-refractivity contribution in [2.75, 3.05) is 20.8 Å². The molecule has 0 aliphatic rings. The standard InChI is InChI=1S/C19H24FNO2/c1-14(21-11-10-16-6-4-5-7-17(16)20)12-15-8-9-18(22-2)19(13-15)23-3/h4-9,13-14,21H,10-12H2,1-3H3. The molecule has 0 bridgehead atoms. The quantitative estimate of drug-likeness (QED) is 0.807. The fourth-order valence-electron chi connectivity index (χ4n) is 2.59. The molecule has 2 aromatic carbocycles. The van der Waals surface area contributed by atoms with Crippen LogP contribution in [0.5, 0.6) is 11.5 Å². The summed E-state index contributed by atoms with van der Waals surface area (Å²) in [6.45, 7) is 2.87. The molecule has 3 nitrogen and oxygen atoms in total. The molecule has 1 N–H and O–H groups in total. The van der Waals surface area contributed by atoms with Gasteiger partial charge in [-0.1, -0.05) is 24.3 Å². The van der Waals surface area contributed by atoms with Gasteiger partial charge in [0, 0.05) is 6.04 Å². The van der Waals surface area contributed by atoms with Crippen molar-refractivity contribution in [3.8, 4) is 11.5 Å². The second-order valence-corrected chi connectivity index (χ2v) is 5.59. The number of hydrogen-bond acceptors (Lipinski definition) is 3. The number of methoxy groups -OCH3 is 2. The van der Waals surface area contributed by atoms with Gasteiger partial charge in [-0.2, -0.15) is 0 Å². The summed E-state index contributed by atoms with van der Waals surface area (Å²) in [6, 6.07) is 13.2. The summed E-state index contributed by atoms with van der Waals surface area (Å²) >= 11 is 0. The van der Waals surface area contributed by atoms with Crippen LogP contribution in [0, 0.1) is 5.82 Å². The third kappa shape index (κ3) is 4.96. The fraction of sp³-hybridized carbons (Fsp3) is 0.368. The summed E-state index contributed by atoms with van der Waals surface area (Å²) in [4.78, 5) is 0. The van der Waals surface area contributed by atoms with Crippen molar-refractivity contribution in [1.82, 2.24) is 5.32 Å². The molecule has 0 spiro atoms. The monoisotopic (exact) mass is 317 g/mol. The van der Waals surface area contributed by atoms with Gasteiger partial charge >= 0.3 is 0 Å². The van der Waals surface area contributed by atoms with E-state index in [1.54, 1.807) is 20.3 Å². The Kier molecular flexibility index (Phi) is 6.41. The molecule has 0 fully saturated rings. The van der Waals surface area contributed by atoms with Crippen LogP contribution in [-0.2, 0) is 12.8 Å². The van der Waals surface area contributed by atoms with Gasteiger partial charge in [0.2, 0.25) is 0 Å². The van der Waals surface area contributed by atoms with E-state index in [0.717, 1.165) is 30.0 Å². The van der Waals surface area contributed by atoms with Crippen LogP contribution >= 0.6 is 0 Å². The van der Waals surface area contributed by atoms with Crippen LogP contribution in [0.4, 0.5) is 4.39 Å². The molecule has 23 heavy (non-hydrogen) atoms. The van der Waals surface area contributed by atoms with Gasteiger partial charge in [-0.15, -0.1) is 0 Å². The molecule has 0 aliphatic carbocycles. The highest BCUT2D eigenvalue weighted by molar-refractivity contribution is 5.43. The van der Waals surface area contributed by atoms with E-state index in [-0.39, 0.29) is 5.82 Å². The fourth-order valence-corrected chi connectivity index (χ4v) is 2.59. The average molecular weight is 317 g/mol. The van der Waals surface area contributed by atoms with Gasteiger partial charge in [0.1, 0.15) is 5.82 Å². The van der Waals surface area contributed by atoms with Crippen molar-refractivity contribution in [2.45, 2.75) is 25.8 Å². The molecule has 0 heterocycles. The normalized spacial score (nSPS) is 12.0. The SMILES string of the molecule is COc1ccc(CC(C)NCCc2ccccc2F)cc1OC. The van der Waals surface area contributed by atoms with Gasteiger partial charge in [-0.05, 0) is 55.6 Å². The molecule has 2 rings (SSSR count). The molecule has 4 heteroatoms. The number of hydrogen-bond donors (Lipinski definition) is 1. The van der Waals surface area contributed by atoms with Crippen LogP contribution in [0.3, 0.4) is 0 Å². The third-order valence-electron chi connectivity index (χ3n) is 3.83. The first-order chi connectivity index (χ1) is 11.1. The Hall–Kier alpha value is -2.07. The van der Waals surface area contributed by atoms with Crippen LogP contribution in [0.15, 0.2) is 42.5 Å². The Bertz CT molecular complexity index is 631. The highest BCUT2D eigenvalue weighted by Crippen LogP contribution is 2.27. The van der Waals surface area contributed by atoms with E-state index in [4.69, 9.17) is 9.47 Å². The third-order valence-corrected chi connectivity index (χ3v) is 3.83. The first kappa shape index (κ1) is 17.3. The number of nitrogens with one attached hydrogen (secondary N) is 1. The Labute approximate surface area is 137 Å². The zero-order valence-corrected chi connectivity index (χ0v) is 13.9. The molecule has 2 aromatic rings. The molecule has 1 atom stereocenters. The van der Waals surface area contributed by atoms with Crippen molar-refractivity contribution in [2.24, 2.45) is 0 Å². The molecular formula is C19H24FNO2. The first-order valence-electron chi connectivity index (χ1n) is 7.81. The largest absolute Gasteiger partial charge is 0.493 e. The van der Waals surface area contributed by atoms with E-state index in [0.29, 0.717) is 12.5 Å². The summed E-state index contributed by atoms with van der Waals surface area (Å²) < 4.78 is 24.1. The second kappa shape index (κ2) is 8.53. The van der Waals surface area contributed by atoms with E-state index in [9.17, 15) is 4.39 Å². The zero-order valence-electron chi connectivity index (χ0n) is 13.9. The zero-order chi connectivity index (χ0) is 16.7. The lowest BCUT2D eigenvalue weighted by Crippen LogP contribution is -2.30. The Balaban J connectivity index is 1.85. The maximum atomic E-state index is 13.6. The molecule has 0 saturated heterocycles. The Morgan fingerprint density at radius 2 is 1.78 bits per heavy atom. The molecule has 0 aliphatic heterocycles. The lowest BCUT2D eigenvalue weighted by atomic mass is 10.1. The molecule has 124 valence electrons. The van der Waals surface area contributed by atoms with Crippen LogP contribution < -0.4 is 14.8 Å².